The maximum absolute atomic E-state index is 12.5. The lowest BCUT2D eigenvalue weighted by atomic mass is 9.97. The average molecular weight is 282 g/mol. The Bertz CT molecular complexity index is 432. The third-order valence-electron chi connectivity index (χ3n) is 3.89. The second-order valence-electron chi connectivity index (χ2n) is 5.12. The number of nitrogens with zero attached hydrogens (tertiary/aromatic N) is 1. The van der Waals surface area contributed by atoms with Crippen LogP contribution < -0.4 is 0 Å². The van der Waals surface area contributed by atoms with E-state index < -0.39 is 0 Å². The molecule has 0 radical (unpaired) electrons. The van der Waals surface area contributed by atoms with Gasteiger partial charge in [-0.2, -0.15) is 0 Å². The largest absolute Gasteiger partial charge is 0.395 e. The maximum Gasteiger partial charge on any atom is 0.179 e. The van der Waals surface area contributed by atoms with Crippen LogP contribution >= 0.6 is 11.6 Å². The third-order valence-corrected chi connectivity index (χ3v) is 4.14. The van der Waals surface area contributed by atoms with Gasteiger partial charge in [-0.3, -0.25) is 9.69 Å². The van der Waals surface area contributed by atoms with Crippen molar-refractivity contribution in [1.29, 1.82) is 0 Å². The summed E-state index contributed by atoms with van der Waals surface area (Å²) in [6, 6.07) is 6.92. The first-order valence-corrected chi connectivity index (χ1v) is 7.17. The minimum atomic E-state index is -0.196. The molecule has 1 fully saturated rings. The minimum Gasteiger partial charge on any atom is -0.395 e. The van der Waals surface area contributed by atoms with E-state index in [4.69, 9.17) is 11.6 Å². The summed E-state index contributed by atoms with van der Waals surface area (Å²) in [6.07, 6.45) is 3.19. The molecule has 0 aromatic heterocycles. The molecule has 0 saturated carbocycles. The van der Waals surface area contributed by atoms with Crippen molar-refractivity contribution in [3.8, 4) is 0 Å². The molecular weight excluding hydrogens is 262 g/mol. The lowest BCUT2D eigenvalue weighted by Gasteiger charge is -2.38. The number of hydrogen-bond acceptors (Lipinski definition) is 3. The summed E-state index contributed by atoms with van der Waals surface area (Å²) in [7, 11) is 0. The van der Waals surface area contributed by atoms with Crippen LogP contribution in [0.3, 0.4) is 0 Å². The molecule has 1 saturated heterocycles. The van der Waals surface area contributed by atoms with Gasteiger partial charge in [0.2, 0.25) is 0 Å². The van der Waals surface area contributed by atoms with E-state index in [1.807, 2.05) is 6.92 Å². The maximum atomic E-state index is 12.5. The lowest BCUT2D eigenvalue weighted by molar-refractivity contribution is 0.0491. The topological polar surface area (TPSA) is 40.5 Å². The number of likely N-dealkylation sites (tertiary alicyclic amines) is 1. The van der Waals surface area contributed by atoms with E-state index in [-0.39, 0.29) is 24.5 Å². The molecule has 0 aliphatic carbocycles. The van der Waals surface area contributed by atoms with Crippen molar-refractivity contribution in [3.05, 3.63) is 34.9 Å². The van der Waals surface area contributed by atoms with Gasteiger partial charge >= 0.3 is 0 Å². The fourth-order valence-corrected chi connectivity index (χ4v) is 2.86. The Morgan fingerprint density at radius 2 is 2.11 bits per heavy atom. The second kappa shape index (κ2) is 6.51. The quantitative estimate of drug-likeness (QED) is 0.863. The zero-order valence-electron chi connectivity index (χ0n) is 11.2. The normalized spacial score (nSPS) is 22.2. The standard InChI is InChI=1S/C15H20ClNO2/c1-11(17-9-3-2-4-14(17)10-18)15(19)12-5-7-13(16)8-6-12/h5-8,11,14,18H,2-4,9-10H2,1H3. The van der Waals surface area contributed by atoms with Gasteiger partial charge in [0.15, 0.2) is 5.78 Å². The Morgan fingerprint density at radius 1 is 1.42 bits per heavy atom. The van der Waals surface area contributed by atoms with E-state index in [1.54, 1.807) is 24.3 Å². The van der Waals surface area contributed by atoms with Gasteiger partial charge in [0.05, 0.1) is 12.6 Å². The second-order valence-corrected chi connectivity index (χ2v) is 5.55. The highest BCUT2D eigenvalue weighted by atomic mass is 35.5. The first-order valence-electron chi connectivity index (χ1n) is 6.80. The number of halogens is 1. The molecule has 1 aliphatic rings. The molecule has 1 aromatic rings. The van der Waals surface area contributed by atoms with Gasteiger partial charge in [-0.25, -0.2) is 0 Å². The molecule has 0 bridgehead atoms. The molecular formula is C15H20ClNO2. The Kier molecular flexibility index (Phi) is 4.97. The molecule has 2 unspecified atom stereocenters. The molecule has 104 valence electrons. The number of benzene rings is 1. The summed E-state index contributed by atoms with van der Waals surface area (Å²) in [6.45, 7) is 2.93. The van der Waals surface area contributed by atoms with Crippen LogP contribution in [0.2, 0.25) is 5.02 Å². The van der Waals surface area contributed by atoms with Crippen molar-refractivity contribution >= 4 is 17.4 Å². The number of piperidine rings is 1. The molecule has 1 N–H and O–H groups in total. The van der Waals surface area contributed by atoms with Gasteiger partial charge < -0.3 is 5.11 Å². The van der Waals surface area contributed by atoms with Crippen molar-refractivity contribution in [2.45, 2.75) is 38.3 Å². The van der Waals surface area contributed by atoms with E-state index >= 15 is 0 Å². The highest BCUT2D eigenvalue weighted by Crippen LogP contribution is 2.21. The van der Waals surface area contributed by atoms with Crippen LogP contribution in [0.4, 0.5) is 0 Å². The fourth-order valence-electron chi connectivity index (χ4n) is 2.73. The lowest BCUT2D eigenvalue weighted by Crippen LogP contribution is -2.49. The van der Waals surface area contributed by atoms with Crippen molar-refractivity contribution in [1.82, 2.24) is 4.90 Å². The molecule has 1 heterocycles. The molecule has 2 atom stereocenters. The molecule has 19 heavy (non-hydrogen) atoms. The van der Waals surface area contributed by atoms with Gasteiger partial charge in [-0.1, -0.05) is 18.0 Å². The summed E-state index contributed by atoms with van der Waals surface area (Å²) in [5.74, 6) is 0.0945. The number of aliphatic hydroxyl groups excluding tert-OH is 1. The van der Waals surface area contributed by atoms with Gasteiger partial charge in [0, 0.05) is 16.6 Å². The first-order chi connectivity index (χ1) is 9.13. The smallest absolute Gasteiger partial charge is 0.179 e. The van der Waals surface area contributed by atoms with Crippen molar-refractivity contribution < 1.29 is 9.90 Å². The number of carbonyl (C=O) groups is 1. The number of rotatable bonds is 4. The van der Waals surface area contributed by atoms with E-state index in [2.05, 4.69) is 4.90 Å². The van der Waals surface area contributed by atoms with Gasteiger partial charge in [-0.15, -0.1) is 0 Å². The summed E-state index contributed by atoms with van der Waals surface area (Å²) in [5.41, 5.74) is 0.680. The fraction of sp³-hybridized carbons (Fsp3) is 0.533. The summed E-state index contributed by atoms with van der Waals surface area (Å²) < 4.78 is 0. The SMILES string of the molecule is CC(C(=O)c1ccc(Cl)cc1)N1CCCCC1CO. The molecule has 1 aliphatic heterocycles. The zero-order valence-corrected chi connectivity index (χ0v) is 11.9. The van der Waals surface area contributed by atoms with E-state index in [0.717, 1.165) is 25.8 Å². The molecule has 2 rings (SSSR count). The summed E-state index contributed by atoms with van der Waals surface area (Å²) in [5, 5.41) is 10.1. The third kappa shape index (κ3) is 3.35. The van der Waals surface area contributed by atoms with Crippen LogP contribution in [-0.2, 0) is 0 Å². The van der Waals surface area contributed by atoms with Crippen molar-refractivity contribution in [2.75, 3.05) is 13.2 Å². The van der Waals surface area contributed by atoms with Crippen molar-refractivity contribution in [3.63, 3.8) is 0 Å². The Balaban J connectivity index is 2.11. The average Bonchev–Trinajstić information content (AvgIpc) is 2.46. The number of ketones is 1. The van der Waals surface area contributed by atoms with E-state index in [1.165, 1.54) is 0 Å². The Labute approximate surface area is 119 Å². The monoisotopic (exact) mass is 281 g/mol. The molecule has 4 heteroatoms. The van der Waals surface area contributed by atoms with Gasteiger partial charge in [0.1, 0.15) is 0 Å². The Morgan fingerprint density at radius 3 is 2.74 bits per heavy atom. The van der Waals surface area contributed by atoms with Crippen molar-refractivity contribution in [2.24, 2.45) is 0 Å². The highest BCUT2D eigenvalue weighted by Gasteiger charge is 2.30. The molecule has 0 spiro atoms. The highest BCUT2D eigenvalue weighted by molar-refractivity contribution is 6.30. The van der Waals surface area contributed by atoms with Crippen LogP contribution in [0.1, 0.15) is 36.5 Å². The summed E-state index contributed by atoms with van der Waals surface area (Å²) in [4.78, 5) is 14.6. The van der Waals surface area contributed by atoms with E-state index in [9.17, 15) is 9.90 Å². The summed E-state index contributed by atoms with van der Waals surface area (Å²) >= 11 is 5.84. The Hall–Kier alpha value is -0.900. The van der Waals surface area contributed by atoms with E-state index in [0.29, 0.717) is 10.6 Å². The van der Waals surface area contributed by atoms with Crippen LogP contribution in [0.5, 0.6) is 0 Å². The molecule has 1 aromatic carbocycles. The predicted octanol–water partition coefficient (Wildman–Crippen LogP) is 2.76. The number of carbonyl (C=O) groups excluding carboxylic acids is 1. The van der Waals surface area contributed by atoms with Crippen LogP contribution in [0, 0.1) is 0 Å². The first kappa shape index (κ1) is 14.5. The zero-order chi connectivity index (χ0) is 13.8. The number of aliphatic hydroxyl groups is 1. The van der Waals surface area contributed by atoms with Crippen LogP contribution in [0.15, 0.2) is 24.3 Å². The van der Waals surface area contributed by atoms with Gasteiger partial charge in [-0.05, 0) is 50.6 Å². The number of hydrogen-bond donors (Lipinski definition) is 1. The van der Waals surface area contributed by atoms with Crippen LogP contribution in [0.25, 0.3) is 0 Å². The molecule has 0 amide bonds. The molecule has 3 nitrogen and oxygen atoms in total. The predicted molar refractivity (Wildman–Crippen MR) is 76.7 cm³/mol. The van der Waals surface area contributed by atoms with Crippen LogP contribution in [-0.4, -0.2) is 41.0 Å². The minimum absolute atomic E-state index is 0.0945. The van der Waals surface area contributed by atoms with Gasteiger partial charge in [0.25, 0.3) is 0 Å². The number of Topliss-reactive ketones (excluding diaryl/α,β-unsaturated/α-hetero) is 1.